The van der Waals surface area contributed by atoms with Crippen LogP contribution in [-0.4, -0.2) is 47.5 Å². The van der Waals surface area contributed by atoms with Gasteiger partial charge in [-0.2, -0.15) is 0 Å². The standard InChI is InChI=1S/C26H29N3O4/c1-4-16-8-9-22-20(10-16)17(12-24(31)33-22)13-28-14-18-11-19(15-28)25(26(32)27(2)3)29-21(18)6-5-7-23(29)30/h5-10,12,18-19,25H,4,11,13-15H2,1-3H3/t18-,19+,25-/m1/s1. The molecule has 0 aliphatic carbocycles. The van der Waals surface area contributed by atoms with Crippen molar-refractivity contribution < 1.29 is 9.21 Å². The monoisotopic (exact) mass is 447 g/mol. The number of carbonyl (C=O) groups is 1. The van der Waals surface area contributed by atoms with Gasteiger partial charge in [0.05, 0.1) is 0 Å². The van der Waals surface area contributed by atoms with Crippen molar-refractivity contribution in [3.8, 4) is 0 Å². The van der Waals surface area contributed by atoms with Gasteiger partial charge in [0, 0.05) is 68.8 Å². The van der Waals surface area contributed by atoms with Gasteiger partial charge in [0.2, 0.25) is 5.91 Å². The maximum absolute atomic E-state index is 13.2. The average molecular weight is 448 g/mol. The van der Waals surface area contributed by atoms with Gasteiger partial charge in [-0.15, -0.1) is 0 Å². The SMILES string of the molecule is CCc1ccc2oc(=O)cc(CN3C[C@H]4C[C@@H](C3)[C@H](C(=O)N(C)C)n3c4cccc3=O)c2c1. The first-order valence-corrected chi connectivity index (χ1v) is 11.6. The number of carbonyl (C=O) groups excluding carboxylic acids is 1. The minimum absolute atomic E-state index is 0.0313. The van der Waals surface area contributed by atoms with Crippen molar-refractivity contribution in [2.45, 2.75) is 38.3 Å². The average Bonchev–Trinajstić information content (AvgIpc) is 2.79. The molecule has 0 spiro atoms. The maximum atomic E-state index is 13.2. The zero-order valence-electron chi connectivity index (χ0n) is 19.3. The molecule has 5 rings (SSSR count). The van der Waals surface area contributed by atoms with Crippen LogP contribution in [0.15, 0.2) is 56.5 Å². The Balaban J connectivity index is 1.53. The molecule has 2 aliphatic rings. The van der Waals surface area contributed by atoms with Crippen molar-refractivity contribution in [3.63, 3.8) is 0 Å². The number of rotatable bonds is 4. The quantitative estimate of drug-likeness (QED) is 0.575. The highest BCUT2D eigenvalue weighted by molar-refractivity contribution is 5.81. The number of likely N-dealkylation sites (tertiary alicyclic amines) is 1. The molecule has 1 aromatic carbocycles. The minimum Gasteiger partial charge on any atom is -0.423 e. The molecule has 3 atom stereocenters. The van der Waals surface area contributed by atoms with Crippen LogP contribution in [-0.2, 0) is 17.8 Å². The number of aromatic nitrogens is 1. The van der Waals surface area contributed by atoms with Crippen molar-refractivity contribution in [3.05, 3.63) is 80.1 Å². The third-order valence-electron chi connectivity index (χ3n) is 7.11. The fraction of sp³-hybridized carbons (Fsp3) is 0.423. The summed E-state index contributed by atoms with van der Waals surface area (Å²) in [7, 11) is 3.48. The zero-order chi connectivity index (χ0) is 23.3. The van der Waals surface area contributed by atoms with E-state index in [1.165, 1.54) is 5.56 Å². The molecule has 7 nitrogen and oxygen atoms in total. The summed E-state index contributed by atoms with van der Waals surface area (Å²) in [6.07, 6.45) is 1.78. The summed E-state index contributed by atoms with van der Waals surface area (Å²) < 4.78 is 7.16. The van der Waals surface area contributed by atoms with E-state index in [9.17, 15) is 14.4 Å². The van der Waals surface area contributed by atoms with Crippen LogP contribution < -0.4 is 11.2 Å². The lowest BCUT2D eigenvalue weighted by Crippen LogP contribution is -2.53. The molecule has 2 bridgehead atoms. The fourth-order valence-electron chi connectivity index (χ4n) is 5.61. The van der Waals surface area contributed by atoms with E-state index in [1.54, 1.807) is 41.8 Å². The Hall–Kier alpha value is -3.19. The molecule has 1 saturated heterocycles. The molecule has 2 aromatic heterocycles. The van der Waals surface area contributed by atoms with E-state index in [1.807, 2.05) is 18.2 Å². The number of likely N-dealkylation sites (N-methyl/N-ethyl adjacent to an activating group) is 1. The Morgan fingerprint density at radius 1 is 1.12 bits per heavy atom. The van der Waals surface area contributed by atoms with Crippen LogP contribution in [0.25, 0.3) is 11.0 Å². The summed E-state index contributed by atoms with van der Waals surface area (Å²) in [6, 6.07) is 12.4. The summed E-state index contributed by atoms with van der Waals surface area (Å²) in [5, 5.41) is 0.960. The van der Waals surface area contributed by atoms with E-state index < -0.39 is 6.04 Å². The number of piperidine rings is 1. The van der Waals surface area contributed by atoms with Gasteiger partial charge in [-0.1, -0.05) is 19.1 Å². The Morgan fingerprint density at radius 3 is 2.70 bits per heavy atom. The molecule has 1 amide bonds. The van der Waals surface area contributed by atoms with E-state index in [0.29, 0.717) is 18.7 Å². The third-order valence-corrected chi connectivity index (χ3v) is 7.11. The lowest BCUT2D eigenvalue weighted by atomic mass is 9.78. The molecule has 1 fully saturated rings. The van der Waals surface area contributed by atoms with Crippen molar-refractivity contribution in [1.29, 1.82) is 0 Å². The first-order valence-electron chi connectivity index (χ1n) is 11.6. The summed E-state index contributed by atoms with van der Waals surface area (Å²) >= 11 is 0. The van der Waals surface area contributed by atoms with Crippen LogP contribution in [0.4, 0.5) is 0 Å². The molecule has 2 aliphatic heterocycles. The lowest BCUT2D eigenvalue weighted by Gasteiger charge is -2.46. The summed E-state index contributed by atoms with van der Waals surface area (Å²) in [6.45, 7) is 4.17. The number of pyridine rings is 1. The minimum atomic E-state index is -0.507. The highest BCUT2D eigenvalue weighted by Gasteiger charge is 2.44. The molecule has 0 unspecified atom stereocenters. The van der Waals surface area contributed by atoms with Gasteiger partial charge in [0.25, 0.3) is 5.56 Å². The largest absolute Gasteiger partial charge is 0.423 e. The van der Waals surface area contributed by atoms with Gasteiger partial charge in [-0.05, 0) is 42.2 Å². The number of amides is 1. The van der Waals surface area contributed by atoms with Gasteiger partial charge in [0.1, 0.15) is 11.6 Å². The highest BCUT2D eigenvalue weighted by atomic mass is 16.4. The second-order valence-corrected chi connectivity index (χ2v) is 9.50. The molecule has 0 radical (unpaired) electrons. The Kier molecular flexibility index (Phi) is 5.44. The molecule has 4 heterocycles. The predicted octanol–water partition coefficient (Wildman–Crippen LogP) is 2.77. The molecule has 172 valence electrons. The molecule has 0 N–H and O–H groups in total. The molecular weight excluding hydrogens is 418 g/mol. The van der Waals surface area contributed by atoms with Gasteiger partial charge in [-0.3, -0.25) is 19.1 Å². The second-order valence-electron chi connectivity index (χ2n) is 9.50. The van der Waals surface area contributed by atoms with Crippen molar-refractivity contribution >= 4 is 16.9 Å². The molecular formula is C26H29N3O4. The number of hydrogen-bond acceptors (Lipinski definition) is 5. The molecule has 33 heavy (non-hydrogen) atoms. The molecule has 7 heteroatoms. The summed E-state index contributed by atoms with van der Waals surface area (Å²) in [5.41, 5.74) is 3.19. The molecule has 0 saturated carbocycles. The molecule has 3 aromatic rings. The summed E-state index contributed by atoms with van der Waals surface area (Å²) in [5.74, 6) is 0.151. The number of fused-ring (bicyclic) bond motifs is 5. The van der Waals surface area contributed by atoms with Gasteiger partial charge in [0.15, 0.2) is 0 Å². The van der Waals surface area contributed by atoms with Crippen LogP contribution in [0.2, 0.25) is 0 Å². The van der Waals surface area contributed by atoms with E-state index in [-0.39, 0.29) is 28.9 Å². The highest BCUT2D eigenvalue weighted by Crippen LogP contribution is 2.42. The van der Waals surface area contributed by atoms with Crippen LogP contribution in [0.1, 0.15) is 42.1 Å². The van der Waals surface area contributed by atoms with Gasteiger partial charge < -0.3 is 9.32 Å². The van der Waals surface area contributed by atoms with E-state index in [0.717, 1.165) is 36.0 Å². The van der Waals surface area contributed by atoms with E-state index in [2.05, 4.69) is 17.9 Å². The first-order chi connectivity index (χ1) is 15.9. The fourth-order valence-corrected chi connectivity index (χ4v) is 5.61. The van der Waals surface area contributed by atoms with Gasteiger partial charge in [-0.25, -0.2) is 4.79 Å². The zero-order valence-corrected chi connectivity index (χ0v) is 19.3. The van der Waals surface area contributed by atoms with E-state index >= 15 is 0 Å². The Bertz CT molecular complexity index is 1340. The Labute approximate surface area is 192 Å². The van der Waals surface area contributed by atoms with Crippen LogP contribution in [0.3, 0.4) is 0 Å². The van der Waals surface area contributed by atoms with Crippen LogP contribution in [0, 0.1) is 5.92 Å². The number of aryl methyl sites for hydroxylation is 1. The first kappa shape index (κ1) is 21.6. The number of hydrogen-bond donors (Lipinski definition) is 0. The van der Waals surface area contributed by atoms with Crippen molar-refractivity contribution in [1.82, 2.24) is 14.4 Å². The lowest BCUT2D eigenvalue weighted by molar-refractivity contribution is -0.135. The third kappa shape index (κ3) is 3.80. The topological polar surface area (TPSA) is 75.8 Å². The van der Waals surface area contributed by atoms with Crippen LogP contribution >= 0.6 is 0 Å². The maximum Gasteiger partial charge on any atom is 0.336 e. The van der Waals surface area contributed by atoms with Crippen LogP contribution in [0.5, 0.6) is 0 Å². The summed E-state index contributed by atoms with van der Waals surface area (Å²) in [4.78, 5) is 42.1. The Morgan fingerprint density at radius 2 is 1.94 bits per heavy atom. The van der Waals surface area contributed by atoms with E-state index in [4.69, 9.17) is 4.42 Å². The second kappa shape index (κ2) is 8.30. The number of benzene rings is 1. The van der Waals surface area contributed by atoms with Crippen molar-refractivity contribution in [2.24, 2.45) is 5.92 Å². The van der Waals surface area contributed by atoms with Gasteiger partial charge >= 0.3 is 5.63 Å². The smallest absolute Gasteiger partial charge is 0.336 e. The normalized spacial score (nSPS) is 22.2. The number of nitrogens with zero attached hydrogens (tertiary/aromatic N) is 3. The predicted molar refractivity (Wildman–Crippen MR) is 126 cm³/mol. The van der Waals surface area contributed by atoms with Crippen molar-refractivity contribution in [2.75, 3.05) is 27.2 Å².